The van der Waals surface area contributed by atoms with Crippen molar-refractivity contribution < 1.29 is 19.3 Å². The van der Waals surface area contributed by atoms with Crippen LogP contribution in [-0.2, 0) is 9.37 Å². The van der Waals surface area contributed by atoms with E-state index in [1.165, 1.54) is 0 Å². The lowest BCUT2D eigenvalue weighted by Crippen LogP contribution is -2.45. The van der Waals surface area contributed by atoms with E-state index in [9.17, 15) is 19.1 Å². The minimum atomic E-state index is -1.99. The maximum Gasteiger partial charge on any atom is 0.331 e. The number of aromatic nitrogens is 2. The second-order valence-electron chi connectivity index (χ2n) is 3.82. The Kier molecular flexibility index (Phi) is 3.41. The van der Waals surface area contributed by atoms with Gasteiger partial charge in [-0.2, -0.15) is 0 Å². The Morgan fingerprint density at radius 1 is 1.61 bits per heavy atom. The van der Waals surface area contributed by atoms with E-state index in [4.69, 9.17) is 9.84 Å². The van der Waals surface area contributed by atoms with Gasteiger partial charge in [0.05, 0.1) is 6.61 Å². The van der Waals surface area contributed by atoms with Crippen molar-refractivity contribution in [3.05, 3.63) is 33.1 Å². The molecule has 9 heteroatoms. The third-order valence-corrected chi connectivity index (χ3v) is 3.68. The molecule has 2 rings (SSSR count). The molecule has 0 radical (unpaired) electrons. The predicted octanol–water partition coefficient (Wildman–Crippen LogP) is -1.37. The predicted molar refractivity (Wildman–Crippen MR) is 61.1 cm³/mol. The largest absolute Gasteiger partial charge is 0.394 e. The van der Waals surface area contributed by atoms with Gasteiger partial charge in [0.15, 0.2) is 6.17 Å². The summed E-state index contributed by atoms with van der Waals surface area (Å²) in [5, 5.41) is 18.5. The molecule has 1 aliphatic heterocycles. The van der Waals surface area contributed by atoms with Gasteiger partial charge in [0.1, 0.15) is 12.2 Å². The van der Waals surface area contributed by atoms with E-state index in [0.29, 0.717) is 0 Å². The van der Waals surface area contributed by atoms with E-state index >= 15 is 0 Å². The number of hydrogen-bond donors (Lipinski definition) is 3. The zero-order valence-electron chi connectivity index (χ0n) is 8.92. The van der Waals surface area contributed by atoms with E-state index in [2.05, 4.69) is 15.9 Å². The third-order valence-electron chi connectivity index (χ3n) is 2.67. The Morgan fingerprint density at radius 3 is 2.78 bits per heavy atom. The minimum Gasteiger partial charge on any atom is -0.394 e. The van der Waals surface area contributed by atoms with Crippen LogP contribution in [0.1, 0.15) is 0 Å². The van der Waals surface area contributed by atoms with E-state index in [1.807, 2.05) is 4.98 Å². The molecular weight excluding hydrogens is 315 g/mol. The molecule has 1 saturated heterocycles. The van der Waals surface area contributed by atoms with Crippen molar-refractivity contribution in [3.63, 3.8) is 0 Å². The molecule has 0 spiro atoms. The highest BCUT2D eigenvalue weighted by molar-refractivity contribution is 9.09. The van der Waals surface area contributed by atoms with Crippen LogP contribution < -0.4 is 11.2 Å². The van der Waals surface area contributed by atoms with Crippen molar-refractivity contribution in [1.29, 1.82) is 0 Å². The number of H-pyrrole nitrogens is 1. The van der Waals surface area contributed by atoms with E-state index in [1.54, 1.807) is 0 Å². The van der Waals surface area contributed by atoms with Gasteiger partial charge in [-0.1, -0.05) is 0 Å². The molecule has 1 aliphatic rings. The maximum absolute atomic E-state index is 14.0. The molecule has 0 saturated carbocycles. The minimum absolute atomic E-state index is 0.604. The zero-order valence-corrected chi connectivity index (χ0v) is 10.5. The number of ether oxygens (including phenoxy) is 1. The first-order chi connectivity index (χ1) is 8.40. The molecule has 7 nitrogen and oxygen atoms in total. The summed E-state index contributed by atoms with van der Waals surface area (Å²) in [6.07, 6.45) is -3.71. The SMILES string of the molecule is O=c1ccn([C@]2(Br)O[C@H](CO)[C@@H](O)C2F)c(=O)[nH]1. The normalized spacial score (nSPS) is 35.9. The Labute approximate surface area is 108 Å². The lowest BCUT2D eigenvalue weighted by molar-refractivity contribution is -0.0673. The molecule has 1 unspecified atom stereocenters. The maximum atomic E-state index is 14.0. The standard InChI is InChI=1S/C9H10BrFN2O5/c10-9(7(11)6(16)4(3-14)18-9)13-2-1-5(15)12-8(13)17/h1-2,4,6-7,14,16H,3H2,(H,12,15,17)/t4-,6-,7?,9+/m1/s1. The highest BCUT2D eigenvalue weighted by atomic mass is 79.9. The fourth-order valence-electron chi connectivity index (χ4n) is 1.74. The Morgan fingerprint density at radius 2 is 2.28 bits per heavy atom. The summed E-state index contributed by atoms with van der Waals surface area (Å²) in [4.78, 5) is 24.4. The number of aliphatic hydroxyl groups is 2. The van der Waals surface area contributed by atoms with Gasteiger partial charge >= 0.3 is 5.69 Å². The first-order valence-electron chi connectivity index (χ1n) is 5.02. The van der Waals surface area contributed by atoms with Crippen molar-refractivity contribution in [2.45, 2.75) is 23.0 Å². The van der Waals surface area contributed by atoms with E-state index in [-0.39, 0.29) is 0 Å². The van der Waals surface area contributed by atoms with Crippen LogP contribution in [0.2, 0.25) is 0 Å². The van der Waals surface area contributed by atoms with Crippen LogP contribution in [0, 0.1) is 0 Å². The van der Waals surface area contributed by atoms with E-state index < -0.39 is 40.9 Å². The summed E-state index contributed by atoms with van der Waals surface area (Å²) < 4.78 is 17.9. The summed E-state index contributed by atoms with van der Waals surface area (Å²) in [7, 11) is 0. The van der Waals surface area contributed by atoms with Gasteiger partial charge in [-0.3, -0.25) is 14.3 Å². The average molecular weight is 325 g/mol. The van der Waals surface area contributed by atoms with Gasteiger partial charge in [-0.05, 0) is 15.9 Å². The number of aliphatic hydroxyl groups excluding tert-OH is 2. The quantitative estimate of drug-likeness (QED) is 0.582. The van der Waals surface area contributed by atoms with Crippen molar-refractivity contribution in [2.75, 3.05) is 6.61 Å². The zero-order chi connectivity index (χ0) is 13.5. The number of nitrogens with one attached hydrogen (secondary N) is 1. The van der Waals surface area contributed by atoms with Gasteiger partial charge in [-0.25, -0.2) is 9.18 Å². The molecule has 1 fully saturated rings. The van der Waals surface area contributed by atoms with Crippen LogP contribution in [0.15, 0.2) is 21.9 Å². The van der Waals surface area contributed by atoms with Crippen LogP contribution in [0.4, 0.5) is 4.39 Å². The monoisotopic (exact) mass is 324 g/mol. The first-order valence-corrected chi connectivity index (χ1v) is 5.81. The summed E-state index contributed by atoms with van der Waals surface area (Å²) in [5.41, 5.74) is -1.53. The Balaban J connectivity index is 2.49. The smallest absolute Gasteiger partial charge is 0.331 e. The summed E-state index contributed by atoms with van der Waals surface area (Å²) in [6.45, 7) is -0.604. The molecule has 4 atom stereocenters. The fraction of sp³-hybridized carbons (Fsp3) is 0.556. The second-order valence-corrected chi connectivity index (χ2v) is 4.96. The topological polar surface area (TPSA) is 105 Å². The van der Waals surface area contributed by atoms with Gasteiger partial charge in [0, 0.05) is 12.3 Å². The third kappa shape index (κ3) is 1.92. The summed E-state index contributed by atoms with van der Waals surface area (Å²) >= 11 is 2.89. The van der Waals surface area contributed by atoms with Crippen LogP contribution in [-0.4, -0.2) is 44.8 Å². The number of nitrogens with zero attached hydrogens (tertiary/aromatic N) is 1. The number of rotatable bonds is 2. The molecule has 0 amide bonds. The van der Waals surface area contributed by atoms with E-state index in [0.717, 1.165) is 16.8 Å². The number of hydrogen-bond acceptors (Lipinski definition) is 5. The van der Waals surface area contributed by atoms with Crippen molar-refractivity contribution >= 4 is 15.9 Å². The molecule has 0 aliphatic carbocycles. The number of alkyl halides is 2. The van der Waals surface area contributed by atoms with Crippen LogP contribution in [0.5, 0.6) is 0 Å². The average Bonchev–Trinajstić information content (AvgIpc) is 2.54. The first kappa shape index (κ1) is 13.4. The molecule has 1 aromatic heterocycles. The van der Waals surface area contributed by atoms with Crippen LogP contribution in [0.3, 0.4) is 0 Å². The summed E-state index contributed by atoms with van der Waals surface area (Å²) in [5.74, 6) is 0. The fourth-order valence-corrected chi connectivity index (χ4v) is 2.53. The number of halogens is 2. The van der Waals surface area contributed by atoms with Gasteiger partial charge in [0.2, 0.25) is 4.63 Å². The lowest BCUT2D eigenvalue weighted by Gasteiger charge is -2.25. The molecule has 18 heavy (non-hydrogen) atoms. The molecule has 1 aromatic rings. The van der Waals surface area contributed by atoms with Crippen molar-refractivity contribution in [2.24, 2.45) is 0 Å². The van der Waals surface area contributed by atoms with Crippen molar-refractivity contribution in [1.82, 2.24) is 9.55 Å². The molecule has 100 valence electrons. The van der Waals surface area contributed by atoms with Gasteiger partial charge < -0.3 is 14.9 Å². The van der Waals surface area contributed by atoms with Crippen LogP contribution in [0.25, 0.3) is 0 Å². The molecule has 0 bridgehead atoms. The van der Waals surface area contributed by atoms with Crippen LogP contribution >= 0.6 is 15.9 Å². The van der Waals surface area contributed by atoms with Gasteiger partial charge in [-0.15, -0.1) is 0 Å². The Bertz CT molecular complexity index is 560. The van der Waals surface area contributed by atoms with Crippen molar-refractivity contribution in [3.8, 4) is 0 Å². The number of aromatic amines is 1. The second kappa shape index (κ2) is 4.57. The molecule has 0 aromatic carbocycles. The lowest BCUT2D eigenvalue weighted by atomic mass is 10.1. The Hall–Kier alpha value is -1.03. The van der Waals surface area contributed by atoms with Gasteiger partial charge in [0.25, 0.3) is 5.56 Å². The molecule has 2 heterocycles. The molecular formula is C9H10BrFN2O5. The molecule has 3 N–H and O–H groups in total. The highest BCUT2D eigenvalue weighted by Crippen LogP contribution is 2.41. The highest BCUT2D eigenvalue weighted by Gasteiger charge is 2.55. The summed E-state index contributed by atoms with van der Waals surface area (Å²) in [6, 6.07) is 1.01.